The summed E-state index contributed by atoms with van der Waals surface area (Å²) < 4.78 is 18.1. The molecule has 5 nitrogen and oxygen atoms in total. The van der Waals surface area contributed by atoms with Gasteiger partial charge in [-0.1, -0.05) is 12.1 Å². The van der Waals surface area contributed by atoms with E-state index in [2.05, 4.69) is 10.3 Å². The summed E-state index contributed by atoms with van der Waals surface area (Å²) in [7, 11) is 0. The van der Waals surface area contributed by atoms with E-state index in [9.17, 15) is 4.21 Å². The summed E-state index contributed by atoms with van der Waals surface area (Å²) in [5, 5.41) is 6.98. The average molecular weight is 291 g/mol. The Morgan fingerprint density at radius 1 is 1.25 bits per heavy atom. The van der Waals surface area contributed by atoms with Gasteiger partial charge in [0.05, 0.1) is 4.90 Å². The summed E-state index contributed by atoms with van der Waals surface area (Å²) in [5.74, 6) is 0. The lowest BCUT2D eigenvalue weighted by atomic mass is 10.2. The first kappa shape index (κ1) is 13.6. The number of pyridine rings is 1. The molecule has 6 heteroatoms. The fourth-order valence-electron chi connectivity index (χ4n) is 2.27. The molecular weight excluding hydrogens is 274 g/mol. The maximum atomic E-state index is 12.4. The van der Waals surface area contributed by atoms with Crippen LogP contribution in [0.15, 0.2) is 41.6 Å². The molecule has 2 heterocycles. The normalized spacial score (nSPS) is 18.8. The van der Waals surface area contributed by atoms with Crippen molar-refractivity contribution < 1.29 is 8.49 Å². The van der Waals surface area contributed by atoms with Crippen LogP contribution in [-0.2, 0) is 15.4 Å². The second-order valence-corrected chi connectivity index (χ2v) is 5.75. The van der Waals surface area contributed by atoms with Crippen molar-refractivity contribution in [1.29, 1.82) is 0 Å². The molecule has 1 aromatic heterocycles. The molecule has 2 aromatic rings. The molecule has 1 unspecified atom stereocenters. The van der Waals surface area contributed by atoms with Crippen LogP contribution in [0.2, 0.25) is 0 Å². The lowest BCUT2D eigenvalue weighted by Gasteiger charge is -2.17. The molecular formula is C14H17N3O2S. The van der Waals surface area contributed by atoms with E-state index in [0.717, 1.165) is 43.4 Å². The van der Waals surface area contributed by atoms with Crippen molar-refractivity contribution >= 4 is 21.9 Å². The van der Waals surface area contributed by atoms with Crippen molar-refractivity contribution in [3.05, 3.63) is 36.7 Å². The standard InChI is InChI=1S/C14H17N3O2S/c18-20(19-17-9-2-6-15-8-10-17)14-4-1-3-12-11-16-7-5-13(12)14/h1,3-5,7,11,15H,2,6,8-10H2. The van der Waals surface area contributed by atoms with Crippen LogP contribution >= 0.6 is 0 Å². The summed E-state index contributed by atoms with van der Waals surface area (Å²) >= 11 is -1.49. The van der Waals surface area contributed by atoms with Gasteiger partial charge in [0.25, 0.3) is 0 Å². The van der Waals surface area contributed by atoms with Crippen molar-refractivity contribution in [2.24, 2.45) is 0 Å². The highest BCUT2D eigenvalue weighted by Crippen LogP contribution is 2.21. The molecule has 3 rings (SSSR count). The third-order valence-electron chi connectivity index (χ3n) is 3.29. The molecule has 0 amide bonds. The van der Waals surface area contributed by atoms with Gasteiger partial charge in [0.15, 0.2) is 0 Å². The summed E-state index contributed by atoms with van der Waals surface area (Å²) in [6.45, 7) is 3.38. The Labute approximate surface area is 120 Å². The molecule has 1 atom stereocenters. The molecule has 1 aliphatic heterocycles. The second kappa shape index (κ2) is 6.41. The van der Waals surface area contributed by atoms with Gasteiger partial charge in [-0.2, -0.15) is 9.35 Å². The van der Waals surface area contributed by atoms with Crippen LogP contribution < -0.4 is 5.32 Å². The van der Waals surface area contributed by atoms with Gasteiger partial charge in [-0.25, -0.2) is 4.21 Å². The van der Waals surface area contributed by atoms with Gasteiger partial charge in [0, 0.05) is 42.8 Å². The first-order valence-electron chi connectivity index (χ1n) is 6.73. The van der Waals surface area contributed by atoms with Gasteiger partial charge in [-0.05, 0) is 25.1 Å². The minimum atomic E-state index is -1.49. The molecule has 1 aliphatic rings. The summed E-state index contributed by atoms with van der Waals surface area (Å²) in [6, 6.07) is 7.55. The first-order valence-corrected chi connectivity index (χ1v) is 7.81. The maximum Gasteiger partial charge on any atom is 0.207 e. The van der Waals surface area contributed by atoms with Gasteiger partial charge in [0.2, 0.25) is 11.1 Å². The SMILES string of the molecule is O=S(ON1CCCNCC1)c1cccc2cnccc12. The van der Waals surface area contributed by atoms with Crippen molar-refractivity contribution in [1.82, 2.24) is 15.4 Å². The van der Waals surface area contributed by atoms with Crippen LogP contribution in [0, 0.1) is 0 Å². The molecule has 1 aromatic carbocycles. The smallest absolute Gasteiger partial charge is 0.207 e. The van der Waals surface area contributed by atoms with Crippen molar-refractivity contribution in [3.63, 3.8) is 0 Å². The molecule has 1 fully saturated rings. The molecule has 20 heavy (non-hydrogen) atoms. The van der Waals surface area contributed by atoms with Gasteiger partial charge >= 0.3 is 0 Å². The minimum absolute atomic E-state index is 0.696. The van der Waals surface area contributed by atoms with Crippen molar-refractivity contribution in [2.45, 2.75) is 11.3 Å². The average Bonchev–Trinajstić information content (AvgIpc) is 2.75. The molecule has 0 aliphatic carbocycles. The van der Waals surface area contributed by atoms with E-state index in [0.29, 0.717) is 4.90 Å². The van der Waals surface area contributed by atoms with E-state index in [-0.39, 0.29) is 0 Å². The Balaban J connectivity index is 1.81. The lowest BCUT2D eigenvalue weighted by Crippen LogP contribution is -2.29. The highest BCUT2D eigenvalue weighted by Gasteiger charge is 2.16. The van der Waals surface area contributed by atoms with E-state index >= 15 is 0 Å². The highest BCUT2D eigenvalue weighted by molar-refractivity contribution is 7.80. The zero-order valence-corrected chi connectivity index (χ0v) is 11.9. The first-order chi connectivity index (χ1) is 9.84. The van der Waals surface area contributed by atoms with Crippen molar-refractivity contribution in [2.75, 3.05) is 26.2 Å². The third-order valence-corrected chi connectivity index (χ3v) is 4.35. The Morgan fingerprint density at radius 2 is 2.20 bits per heavy atom. The zero-order chi connectivity index (χ0) is 13.8. The van der Waals surface area contributed by atoms with E-state index < -0.39 is 11.1 Å². The monoisotopic (exact) mass is 291 g/mol. The predicted octanol–water partition coefficient (Wildman–Crippen LogP) is 1.48. The van der Waals surface area contributed by atoms with Crippen LogP contribution in [0.25, 0.3) is 10.8 Å². The summed E-state index contributed by atoms with van der Waals surface area (Å²) in [5.41, 5.74) is 0. The molecule has 0 saturated carbocycles. The number of hydrogen-bond acceptors (Lipinski definition) is 5. The van der Waals surface area contributed by atoms with Gasteiger partial charge in [-0.3, -0.25) is 4.98 Å². The molecule has 1 saturated heterocycles. The molecule has 0 spiro atoms. The number of nitrogens with zero attached hydrogens (tertiary/aromatic N) is 2. The Bertz CT molecular complexity index is 607. The molecule has 106 valence electrons. The zero-order valence-electron chi connectivity index (χ0n) is 11.1. The number of rotatable bonds is 3. The lowest BCUT2D eigenvalue weighted by molar-refractivity contribution is -0.0380. The molecule has 0 radical (unpaired) electrons. The number of fused-ring (bicyclic) bond motifs is 1. The van der Waals surface area contributed by atoms with Gasteiger partial charge in [0.1, 0.15) is 0 Å². The van der Waals surface area contributed by atoms with E-state index in [4.69, 9.17) is 4.28 Å². The van der Waals surface area contributed by atoms with Crippen LogP contribution in [0.4, 0.5) is 0 Å². The predicted molar refractivity (Wildman–Crippen MR) is 78.3 cm³/mol. The van der Waals surface area contributed by atoms with E-state index in [1.807, 2.05) is 24.3 Å². The second-order valence-electron chi connectivity index (χ2n) is 4.69. The van der Waals surface area contributed by atoms with E-state index in [1.54, 1.807) is 17.5 Å². The van der Waals surface area contributed by atoms with Crippen LogP contribution in [-0.4, -0.2) is 40.4 Å². The van der Waals surface area contributed by atoms with Crippen LogP contribution in [0.1, 0.15) is 6.42 Å². The minimum Gasteiger partial charge on any atom is -0.315 e. The third kappa shape index (κ3) is 3.04. The number of aromatic nitrogens is 1. The molecule has 1 N–H and O–H groups in total. The number of benzene rings is 1. The quantitative estimate of drug-likeness (QED) is 0.928. The molecule has 0 bridgehead atoms. The van der Waals surface area contributed by atoms with Crippen molar-refractivity contribution in [3.8, 4) is 0 Å². The number of nitrogens with one attached hydrogen (secondary N) is 1. The topological polar surface area (TPSA) is 54.5 Å². The maximum absolute atomic E-state index is 12.4. The Kier molecular flexibility index (Phi) is 4.37. The largest absolute Gasteiger partial charge is 0.315 e. The van der Waals surface area contributed by atoms with Crippen LogP contribution in [0.3, 0.4) is 0 Å². The summed E-state index contributed by atoms with van der Waals surface area (Å²) in [4.78, 5) is 4.78. The van der Waals surface area contributed by atoms with Gasteiger partial charge < -0.3 is 5.32 Å². The van der Waals surface area contributed by atoms with Gasteiger partial charge in [-0.15, -0.1) is 0 Å². The highest BCUT2D eigenvalue weighted by atomic mass is 32.2. The van der Waals surface area contributed by atoms with Crippen LogP contribution in [0.5, 0.6) is 0 Å². The fraction of sp³-hybridized carbons (Fsp3) is 0.357. The Morgan fingerprint density at radius 3 is 3.15 bits per heavy atom. The number of hydrogen-bond donors (Lipinski definition) is 1. The fourth-order valence-corrected chi connectivity index (χ4v) is 3.25. The van der Waals surface area contributed by atoms with E-state index in [1.165, 1.54) is 0 Å². The summed E-state index contributed by atoms with van der Waals surface area (Å²) in [6.07, 6.45) is 4.47. The number of hydroxylamine groups is 2. The Hall–Kier alpha value is -1.34.